The van der Waals surface area contributed by atoms with E-state index in [1.165, 1.54) is 50.8 Å². The Balaban J connectivity index is 2.07. The van der Waals surface area contributed by atoms with Crippen LogP contribution in [0.5, 0.6) is 5.75 Å². The zero-order valence-electron chi connectivity index (χ0n) is 12.0. The van der Waals surface area contributed by atoms with Crippen molar-refractivity contribution < 1.29 is 4.74 Å². The second-order valence-electron chi connectivity index (χ2n) is 5.33. The summed E-state index contributed by atoms with van der Waals surface area (Å²) in [6.45, 7) is 3.04. The quantitative estimate of drug-likeness (QED) is 0.906. The topological polar surface area (TPSA) is 38.5 Å². The molecule has 1 aliphatic heterocycles. The second-order valence-corrected chi connectivity index (χ2v) is 5.33. The summed E-state index contributed by atoms with van der Waals surface area (Å²) in [6.07, 6.45) is 6.70. The van der Waals surface area contributed by atoms with Gasteiger partial charge in [-0.05, 0) is 43.6 Å². The molecule has 0 amide bonds. The molecule has 1 aromatic carbocycles. The molecule has 1 atom stereocenters. The van der Waals surface area contributed by atoms with Gasteiger partial charge in [-0.3, -0.25) is 4.90 Å². The van der Waals surface area contributed by atoms with Gasteiger partial charge in [-0.2, -0.15) is 0 Å². The Morgan fingerprint density at radius 1 is 1.05 bits per heavy atom. The number of hydrogen-bond donors (Lipinski definition) is 1. The molecule has 1 saturated heterocycles. The van der Waals surface area contributed by atoms with E-state index in [2.05, 4.69) is 17.0 Å². The van der Waals surface area contributed by atoms with Crippen molar-refractivity contribution in [2.45, 2.75) is 38.1 Å². The average molecular weight is 262 g/mol. The van der Waals surface area contributed by atoms with Gasteiger partial charge in [-0.25, -0.2) is 0 Å². The van der Waals surface area contributed by atoms with E-state index in [-0.39, 0.29) is 0 Å². The smallest absolute Gasteiger partial charge is 0.118 e. The largest absolute Gasteiger partial charge is 0.497 e. The summed E-state index contributed by atoms with van der Waals surface area (Å²) < 4.78 is 5.22. The van der Waals surface area contributed by atoms with Gasteiger partial charge in [0, 0.05) is 12.6 Å². The Labute approximate surface area is 116 Å². The van der Waals surface area contributed by atoms with Gasteiger partial charge >= 0.3 is 0 Å². The van der Waals surface area contributed by atoms with Gasteiger partial charge in [0.1, 0.15) is 5.75 Å². The molecule has 0 aromatic heterocycles. The molecule has 1 heterocycles. The molecule has 2 rings (SSSR count). The third-order valence-corrected chi connectivity index (χ3v) is 4.06. The maximum Gasteiger partial charge on any atom is 0.118 e. The molecule has 3 heteroatoms. The molecule has 0 spiro atoms. The fourth-order valence-corrected chi connectivity index (χ4v) is 2.91. The van der Waals surface area contributed by atoms with Gasteiger partial charge in [-0.1, -0.05) is 31.4 Å². The Morgan fingerprint density at radius 3 is 2.16 bits per heavy atom. The van der Waals surface area contributed by atoms with E-state index in [0.717, 1.165) is 5.75 Å². The predicted molar refractivity (Wildman–Crippen MR) is 79.4 cm³/mol. The maximum atomic E-state index is 6.02. The zero-order chi connectivity index (χ0) is 13.5. The van der Waals surface area contributed by atoms with Crippen molar-refractivity contribution in [2.24, 2.45) is 5.73 Å². The van der Waals surface area contributed by atoms with Gasteiger partial charge in [0.2, 0.25) is 0 Å². The lowest BCUT2D eigenvalue weighted by Crippen LogP contribution is -2.36. The van der Waals surface area contributed by atoms with Crippen LogP contribution in [0.2, 0.25) is 0 Å². The number of methoxy groups -OCH3 is 1. The van der Waals surface area contributed by atoms with Crippen molar-refractivity contribution in [3.8, 4) is 5.75 Å². The second kappa shape index (κ2) is 7.51. The van der Waals surface area contributed by atoms with E-state index < -0.39 is 0 Å². The molecule has 0 bridgehead atoms. The van der Waals surface area contributed by atoms with Crippen LogP contribution in [0.15, 0.2) is 24.3 Å². The van der Waals surface area contributed by atoms with Crippen LogP contribution < -0.4 is 10.5 Å². The molecule has 2 N–H and O–H groups in total. The normalized spacial score (nSPS) is 19.5. The number of likely N-dealkylation sites (tertiary alicyclic amines) is 1. The first kappa shape index (κ1) is 14.4. The fraction of sp³-hybridized carbons (Fsp3) is 0.625. The fourth-order valence-electron chi connectivity index (χ4n) is 2.91. The molecule has 106 valence electrons. The summed E-state index contributed by atoms with van der Waals surface area (Å²) in [7, 11) is 1.70. The highest BCUT2D eigenvalue weighted by molar-refractivity contribution is 5.29. The number of rotatable bonds is 4. The monoisotopic (exact) mass is 262 g/mol. The molecular weight excluding hydrogens is 236 g/mol. The maximum absolute atomic E-state index is 6.02. The van der Waals surface area contributed by atoms with E-state index in [1.54, 1.807) is 7.11 Å². The molecule has 0 aliphatic carbocycles. The molecule has 19 heavy (non-hydrogen) atoms. The van der Waals surface area contributed by atoms with Crippen molar-refractivity contribution in [1.29, 1.82) is 0 Å². The Morgan fingerprint density at radius 2 is 1.63 bits per heavy atom. The first-order valence-electron chi connectivity index (χ1n) is 7.43. The molecule has 1 aromatic rings. The van der Waals surface area contributed by atoms with Crippen molar-refractivity contribution in [1.82, 2.24) is 4.90 Å². The molecular formula is C16H26N2O. The third-order valence-electron chi connectivity index (χ3n) is 4.06. The van der Waals surface area contributed by atoms with Gasteiger partial charge in [-0.15, -0.1) is 0 Å². The van der Waals surface area contributed by atoms with Crippen molar-refractivity contribution in [3.63, 3.8) is 0 Å². The summed E-state index contributed by atoms with van der Waals surface area (Å²) in [5.74, 6) is 0.909. The summed E-state index contributed by atoms with van der Waals surface area (Å²) in [4.78, 5) is 2.56. The first-order chi connectivity index (χ1) is 9.35. The van der Waals surface area contributed by atoms with Crippen molar-refractivity contribution in [2.75, 3.05) is 26.7 Å². The minimum absolute atomic E-state index is 0.351. The van der Waals surface area contributed by atoms with Crippen molar-refractivity contribution >= 4 is 0 Å². The predicted octanol–water partition coefficient (Wildman–Crippen LogP) is 2.96. The number of nitrogens with zero attached hydrogens (tertiary/aromatic N) is 1. The van der Waals surface area contributed by atoms with E-state index in [1.807, 2.05) is 12.1 Å². The van der Waals surface area contributed by atoms with Crippen LogP contribution in [0, 0.1) is 0 Å². The van der Waals surface area contributed by atoms with Crippen LogP contribution in [0.4, 0.5) is 0 Å². The van der Waals surface area contributed by atoms with Gasteiger partial charge in [0.25, 0.3) is 0 Å². The van der Waals surface area contributed by atoms with Crippen LogP contribution in [-0.4, -0.2) is 31.6 Å². The van der Waals surface area contributed by atoms with E-state index in [0.29, 0.717) is 12.6 Å². The van der Waals surface area contributed by atoms with Crippen LogP contribution in [0.25, 0.3) is 0 Å². The molecule has 1 fully saturated rings. The lowest BCUT2D eigenvalue weighted by Gasteiger charge is -2.32. The van der Waals surface area contributed by atoms with Crippen molar-refractivity contribution in [3.05, 3.63) is 29.8 Å². The number of hydrogen-bond acceptors (Lipinski definition) is 3. The van der Waals surface area contributed by atoms with Crippen LogP contribution in [0.1, 0.15) is 43.7 Å². The van der Waals surface area contributed by atoms with E-state index >= 15 is 0 Å². The highest BCUT2D eigenvalue weighted by atomic mass is 16.5. The number of nitrogens with two attached hydrogens (primary N) is 1. The average Bonchev–Trinajstić information content (AvgIpc) is 2.42. The number of benzene rings is 1. The minimum Gasteiger partial charge on any atom is -0.497 e. The Hall–Kier alpha value is -1.06. The summed E-state index contributed by atoms with van der Waals surface area (Å²) >= 11 is 0. The number of ether oxygens (including phenoxy) is 1. The first-order valence-corrected chi connectivity index (χ1v) is 7.43. The van der Waals surface area contributed by atoms with Crippen LogP contribution in [0.3, 0.4) is 0 Å². The summed E-state index contributed by atoms with van der Waals surface area (Å²) in [5.41, 5.74) is 7.33. The highest BCUT2D eigenvalue weighted by Crippen LogP contribution is 2.24. The summed E-state index contributed by atoms with van der Waals surface area (Å²) in [6, 6.07) is 8.71. The van der Waals surface area contributed by atoms with Crippen LogP contribution in [-0.2, 0) is 0 Å². The molecule has 1 aliphatic rings. The molecule has 1 unspecified atom stereocenters. The van der Waals surface area contributed by atoms with E-state index in [4.69, 9.17) is 10.5 Å². The van der Waals surface area contributed by atoms with Crippen LogP contribution >= 0.6 is 0 Å². The van der Waals surface area contributed by atoms with Gasteiger partial charge < -0.3 is 10.5 Å². The van der Waals surface area contributed by atoms with Gasteiger partial charge in [0.05, 0.1) is 7.11 Å². The lowest BCUT2D eigenvalue weighted by molar-refractivity contribution is 0.183. The Kier molecular flexibility index (Phi) is 5.67. The highest BCUT2D eigenvalue weighted by Gasteiger charge is 2.19. The molecule has 0 radical (unpaired) electrons. The molecule has 0 saturated carbocycles. The Bertz CT molecular complexity index is 356. The minimum atomic E-state index is 0.351. The third kappa shape index (κ3) is 3.95. The SMILES string of the molecule is COc1ccc(C(CN)N2CCCCCCC2)cc1. The van der Waals surface area contributed by atoms with Gasteiger partial charge in [0.15, 0.2) is 0 Å². The standard InChI is InChI=1S/C16H26N2O/c1-19-15-9-7-14(8-10-15)16(13-17)18-11-5-3-2-4-6-12-18/h7-10,16H,2-6,11-13,17H2,1H3. The van der Waals surface area contributed by atoms with E-state index in [9.17, 15) is 0 Å². The lowest BCUT2D eigenvalue weighted by atomic mass is 10.0. The summed E-state index contributed by atoms with van der Waals surface area (Å²) in [5, 5.41) is 0. The molecule has 3 nitrogen and oxygen atoms in total. The zero-order valence-corrected chi connectivity index (χ0v) is 12.0.